The van der Waals surface area contributed by atoms with Crippen LogP contribution >= 0.6 is 27.5 Å². The number of rotatable bonds is 6. The van der Waals surface area contributed by atoms with E-state index in [1.54, 1.807) is 7.11 Å². The van der Waals surface area contributed by atoms with Gasteiger partial charge in [0.2, 0.25) is 0 Å². The van der Waals surface area contributed by atoms with E-state index in [2.05, 4.69) is 22.9 Å². The summed E-state index contributed by atoms with van der Waals surface area (Å²) in [5, 5.41) is 1.80. The molecule has 0 saturated heterocycles. The Morgan fingerprint density at radius 3 is 2.75 bits per heavy atom. The Kier molecular flexibility index (Phi) is 6.22. The van der Waals surface area contributed by atoms with Crippen molar-refractivity contribution in [3.05, 3.63) is 28.8 Å². The molecule has 0 aliphatic heterocycles. The molecule has 1 aromatic rings. The lowest BCUT2D eigenvalue weighted by Gasteiger charge is -2.15. The Labute approximate surface area is 111 Å². The van der Waals surface area contributed by atoms with E-state index in [1.807, 2.05) is 18.2 Å². The third-order valence-electron chi connectivity index (χ3n) is 2.67. The second-order valence-electron chi connectivity index (χ2n) is 3.97. The van der Waals surface area contributed by atoms with E-state index in [-0.39, 0.29) is 0 Å². The minimum absolute atomic E-state index is 0.650. The van der Waals surface area contributed by atoms with Gasteiger partial charge in [-0.2, -0.15) is 0 Å². The van der Waals surface area contributed by atoms with Gasteiger partial charge < -0.3 is 4.74 Å². The van der Waals surface area contributed by atoms with E-state index in [9.17, 15) is 0 Å². The lowest BCUT2D eigenvalue weighted by Crippen LogP contribution is -2.07. The van der Waals surface area contributed by atoms with E-state index >= 15 is 0 Å². The molecule has 0 saturated carbocycles. The predicted octanol–water partition coefficient (Wildman–Crippen LogP) is 4.70. The largest absolute Gasteiger partial charge is 0.496 e. The molecule has 3 heteroatoms. The molecule has 1 unspecified atom stereocenters. The van der Waals surface area contributed by atoms with Gasteiger partial charge in [-0.25, -0.2) is 0 Å². The second kappa shape index (κ2) is 7.18. The predicted molar refractivity (Wildman–Crippen MR) is 73.9 cm³/mol. The van der Waals surface area contributed by atoms with Crippen molar-refractivity contribution in [1.29, 1.82) is 0 Å². The maximum Gasteiger partial charge on any atom is 0.122 e. The van der Waals surface area contributed by atoms with Gasteiger partial charge in [0, 0.05) is 10.4 Å². The highest BCUT2D eigenvalue weighted by atomic mass is 79.9. The number of hydrogen-bond donors (Lipinski definition) is 0. The zero-order valence-corrected chi connectivity index (χ0v) is 12.1. The van der Waals surface area contributed by atoms with Gasteiger partial charge in [-0.3, -0.25) is 0 Å². The van der Waals surface area contributed by atoms with Crippen LogP contribution in [0.4, 0.5) is 0 Å². The molecule has 0 heterocycles. The Hall–Kier alpha value is -0.210. The standard InChI is InChI=1S/C13H18BrClO/c1-3-4-10(9-14)7-11-8-12(15)5-6-13(11)16-2/h5-6,8,10H,3-4,7,9H2,1-2H3. The van der Waals surface area contributed by atoms with E-state index in [0.29, 0.717) is 5.92 Å². The third kappa shape index (κ3) is 3.99. The van der Waals surface area contributed by atoms with Gasteiger partial charge in [0.05, 0.1) is 7.11 Å². The normalized spacial score (nSPS) is 12.5. The summed E-state index contributed by atoms with van der Waals surface area (Å²) in [4.78, 5) is 0. The average molecular weight is 306 g/mol. The minimum Gasteiger partial charge on any atom is -0.496 e. The Balaban J connectivity index is 2.80. The second-order valence-corrected chi connectivity index (χ2v) is 5.05. The maximum atomic E-state index is 6.01. The molecule has 0 amide bonds. The molecular weight excluding hydrogens is 287 g/mol. The molecular formula is C13H18BrClO. The van der Waals surface area contributed by atoms with Crippen LogP contribution in [0, 0.1) is 5.92 Å². The van der Waals surface area contributed by atoms with Crippen molar-refractivity contribution in [1.82, 2.24) is 0 Å². The van der Waals surface area contributed by atoms with Gasteiger partial charge >= 0.3 is 0 Å². The number of ether oxygens (including phenoxy) is 1. The summed E-state index contributed by atoms with van der Waals surface area (Å²) in [6, 6.07) is 5.81. The highest BCUT2D eigenvalue weighted by molar-refractivity contribution is 9.09. The van der Waals surface area contributed by atoms with Crippen molar-refractivity contribution in [2.45, 2.75) is 26.2 Å². The Morgan fingerprint density at radius 1 is 1.44 bits per heavy atom. The lowest BCUT2D eigenvalue weighted by atomic mass is 9.96. The summed E-state index contributed by atoms with van der Waals surface area (Å²) >= 11 is 9.58. The summed E-state index contributed by atoms with van der Waals surface area (Å²) in [6.07, 6.45) is 3.45. The molecule has 16 heavy (non-hydrogen) atoms. The molecule has 1 nitrogen and oxygen atoms in total. The molecule has 0 radical (unpaired) electrons. The monoisotopic (exact) mass is 304 g/mol. The molecule has 1 aromatic carbocycles. The Bertz CT molecular complexity index is 328. The highest BCUT2D eigenvalue weighted by Gasteiger charge is 2.11. The molecule has 0 aliphatic rings. The van der Waals surface area contributed by atoms with E-state index < -0.39 is 0 Å². The van der Waals surface area contributed by atoms with Crippen LogP contribution in [0.2, 0.25) is 5.02 Å². The molecule has 1 atom stereocenters. The number of methoxy groups -OCH3 is 1. The molecule has 0 fully saturated rings. The fraction of sp³-hybridized carbons (Fsp3) is 0.538. The van der Waals surface area contributed by atoms with Crippen LogP contribution in [0.3, 0.4) is 0 Å². The first-order chi connectivity index (χ1) is 7.71. The van der Waals surface area contributed by atoms with Crippen molar-refractivity contribution in [2.24, 2.45) is 5.92 Å². The van der Waals surface area contributed by atoms with Crippen LogP contribution in [-0.2, 0) is 6.42 Å². The first kappa shape index (κ1) is 13.9. The minimum atomic E-state index is 0.650. The van der Waals surface area contributed by atoms with Crippen LogP contribution in [0.1, 0.15) is 25.3 Å². The van der Waals surface area contributed by atoms with E-state index in [0.717, 1.165) is 22.5 Å². The number of hydrogen-bond acceptors (Lipinski definition) is 1. The molecule has 0 aliphatic carbocycles. The molecule has 0 aromatic heterocycles. The Morgan fingerprint density at radius 2 is 2.19 bits per heavy atom. The van der Waals surface area contributed by atoms with E-state index in [4.69, 9.17) is 16.3 Å². The van der Waals surface area contributed by atoms with Crippen LogP contribution in [0.5, 0.6) is 5.75 Å². The van der Waals surface area contributed by atoms with Gasteiger partial charge in [-0.05, 0) is 42.5 Å². The molecule has 1 rings (SSSR count). The topological polar surface area (TPSA) is 9.23 Å². The molecule has 90 valence electrons. The van der Waals surface area contributed by atoms with Gasteiger partial charge in [-0.1, -0.05) is 40.9 Å². The van der Waals surface area contributed by atoms with Crippen LogP contribution in [-0.4, -0.2) is 12.4 Å². The number of alkyl halides is 1. The number of halogens is 2. The van der Waals surface area contributed by atoms with Gasteiger partial charge in [0.1, 0.15) is 5.75 Å². The fourth-order valence-electron chi connectivity index (χ4n) is 1.86. The SMILES string of the molecule is CCCC(CBr)Cc1cc(Cl)ccc1OC. The summed E-state index contributed by atoms with van der Waals surface area (Å²) in [7, 11) is 1.70. The first-order valence-corrected chi connectivity index (χ1v) is 7.09. The van der Waals surface area contributed by atoms with Crippen molar-refractivity contribution in [3.8, 4) is 5.75 Å². The zero-order chi connectivity index (χ0) is 12.0. The number of benzene rings is 1. The third-order valence-corrected chi connectivity index (χ3v) is 3.82. The first-order valence-electron chi connectivity index (χ1n) is 5.59. The quantitative estimate of drug-likeness (QED) is 0.692. The zero-order valence-electron chi connectivity index (χ0n) is 9.80. The van der Waals surface area contributed by atoms with Crippen molar-refractivity contribution in [3.63, 3.8) is 0 Å². The van der Waals surface area contributed by atoms with Crippen LogP contribution < -0.4 is 4.74 Å². The molecule has 0 bridgehead atoms. The van der Waals surface area contributed by atoms with Crippen molar-refractivity contribution in [2.75, 3.05) is 12.4 Å². The van der Waals surface area contributed by atoms with Crippen molar-refractivity contribution < 1.29 is 4.74 Å². The molecule has 0 spiro atoms. The highest BCUT2D eigenvalue weighted by Crippen LogP contribution is 2.27. The average Bonchev–Trinajstić information content (AvgIpc) is 2.29. The summed E-state index contributed by atoms with van der Waals surface area (Å²) in [5.74, 6) is 1.59. The summed E-state index contributed by atoms with van der Waals surface area (Å²) < 4.78 is 5.35. The maximum absolute atomic E-state index is 6.01. The smallest absolute Gasteiger partial charge is 0.122 e. The van der Waals surface area contributed by atoms with Gasteiger partial charge in [-0.15, -0.1) is 0 Å². The van der Waals surface area contributed by atoms with Gasteiger partial charge in [0.25, 0.3) is 0 Å². The summed E-state index contributed by atoms with van der Waals surface area (Å²) in [6.45, 7) is 2.21. The molecule has 0 N–H and O–H groups in total. The van der Waals surface area contributed by atoms with Gasteiger partial charge in [0.15, 0.2) is 0 Å². The van der Waals surface area contributed by atoms with Crippen LogP contribution in [0.15, 0.2) is 18.2 Å². The lowest BCUT2D eigenvalue weighted by molar-refractivity contribution is 0.404. The van der Waals surface area contributed by atoms with Crippen molar-refractivity contribution >= 4 is 27.5 Å². The van der Waals surface area contributed by atoms with E-state index in [1.165, 1.54) is 18.4 Å². The summed E-state index contributed by atoms with van der Waals surface area (Å²) in [5.41, 5.74) is 1.20. The fourth-order valence-corrected chi connectivity index (χ4v) is 2.61. The van der Waals surface area contributed by atoms with Crippen LogP contribution in [0.25, 0.3) is 0 Å².